The number of allylic oxidation sites excluding steroid dienone is 10. The number of aryl methyl sites for hydroxylation is 10. The maximum Gasteiger partial charge on any atom is 0.159 e. The number of aliphatic hydroxyl groups is 5. The predicted octanol–water partition coefficient (Wildman–Crippen LogP) is 33.3. The number of nitrogens with zero attached hydrogens (tertiary/aromatic N) is 5. The van der Waals surface area contributed by atoms with Gasteiger partial charge in [-0.05, 0) is 205 Å². The molecule has 0 atom stereocenters. The summed E-state index contributed by atoms with van der Waals surface area (Å²) in [4.78, 5) is 76.1. The molecule has 5 N–H and O–H groups in total. The van der Waals surface area contributed by atoms with E-state index in [1.165, 1.54) is 149 Å². The maximum atomic E-state index is 11.2. The fourth-order valence-electron chi connectivity index (χ4n) is 15.7. The van der Waals surface area contributed by atoms with Crippen LogP contribution in [0.25, 0.3) is 111 Å². The van der Waals surface area contributed by atoms with E-state index in [-0.39, 0.29) is 158 Å². The molecule has 0 aliphatic heterocycles. The second-order valence-corrected chi connectivity index (χ2v) is 39.9. The first-order valence-corrected chi connectivity index (χ1v) is 49.8. The summed E-state index contributed by atoms with van der Waals surface area (Å²) in [7, 11) is 0. The zero-order chi connectivity index (χ0) is 107. The van der Waals surface area contributed by atoms with Gasteiger partial charge in [-0.15, -0.1) is 175 Å². The number of carbonyl (C=O) groups is 5. The number of aliphatic hydroxyl groups excluding tert-OH is 5. The average Bonchev–Trinajstić information content (AvgIpc) is 0.737. The molecule has 0 spiro atoms. The van der Waals surface area contributed by atoms with E-state index < -0.39 is 0 Å². The number of benzene rings is 10. The topological polar surface area (TPSA) is 251 Å². The Labute approximate surface area is 960 Å². The molecule has 5 heterocycles. The molecule has 0 saturated carbocycles. The molecule has 15 aromatic rings. The van der Waals surface area contributed by atoms with Crippen molar-refractivity contribution in [1.82, 2.24) is 24.9 Å². The number of aromatic nitrogens is 5. The van der Waals surface area contributed by atoms with E-state index in [9.17, 15) is 34.2 Å². The third-order valence-electron chi connectivity index (χ3n) is 21.2. The summed E-state index contributed by atoms with van der Waals surface area (Å²) in [6.45, 7) is 54.5. The van der Waals surface area contributed by atoms with Gasteiger partial charge >= 0.3 is 0 Å². The molecule has 5 aromatic heterocycles. The first-order valence-electron chi connectivity index (χ1n) is 49.8. The summed E-state index contributed by atoms with van der Waals surface area (Å²) >= 11 is 0. The fourth-order valence-corrected chi connectivity index (χ4v) is 15.7. The first kappa shape index (κ1) is 137. The molecule has 15 nitrogen and oxygen atoms in total. The summed E-state index contributed by atoms with van der Waals surface area (Å²) in [6.07, 6.45) is 12.5. The number of hydrogen-bond acceptors (Lipinski definition) is 15. The Morgan fingerprint density at radius 2 is 0.587 bits per heavy atom. The second kappa shape index (κ2) is 69.9. The van der Waals surface area contributed by atoms with Crippen LogP contribution in [0.4, 0.5) is 0 Å². The minimum atomic E-state index is -0.125. The van der Waals surface area contributed by atoms with Crippen LogP contribution >= 0.6 is 0 Å². The summed E-state index contributed by atoms with van der Waals surface area (Å²) < 4.78 is 0. The van der Waals surface area contributed by atoms with Gasteiger partial charge < -0.3 is 30.5 Å². The van der Waals surface area contributed by atoms with E-state index in [0.29, 0.717) is 61.2 Å². The standard InChI is InChI=1S/2C21H22N.3C17H14N.2C11H20O2.3C5H8O2.5Ir/c2*1-14(2)9-17-5-6-18-7-8-20(22-21(18)13-17)19-11-15(3)10-16(4)12-19;1-12-4-3-5-15(10-12)16-9-8-14-7-6-13(2)11-17(14)18-16;1-12-9-13(2)11-15(10-12)17-16-6-4-3-5-14(16)7-8-18-17;1-12-9-13(2)11-15(10-12)17-8-7-14-5-3-4-6-16(14)18-17;2*1-8(2)5-10(12)7-11(13)6-9(3)4;3*1-4(6)3-5(2)7;;;;;/h2*5-8,10-11,13-14H,9H2,1-4H3;3-4,6-11H,1-2H3;2*3-10H,1-2H3;2*7-9,12H,5-6H2,1-4H3;3*3,6H,1-2H3;;;;;/q5*-1;;;;;;;;;;. The van der Waals surface area contributed by atoms with Crippen molar-refractivity contribution in [2.75, 3.05) is 0 Å². The molecule has 0 aliphatic carbocycles. The number of ketones is 5. The van der Waals surface area contributed by atoms with Gasteiger partial charge in [0.05, 0.1) is 50.9 Å². The van der Waals surface area contributed by atoms with E-state index in [0.717, 1.165) is 113 Å². The van der Waals surface area contributed by atoms with E-state index in [1.54, 1.807) is 0 Å². The van der Waals surface area contributed by atoms with Gasteiger partial charge in [0.15, 0.2) is 28.9 Å². The molecule has 0 amide bonds. The van der Waals surface area contributed by atoms with Gasteiger partial charge in [-0.25, -0.2) is 0 Å². The van der Waals surface area contributed by atoms with Crippen LogP contribution in [-0.4, -0.2) is 79.4 Å². The van der Waals surface area contributed by atoms with Crippen molar-refractivity contribution in [3.05, 3.63) is 387 Å². The van der Waals surface area contributed by atoms with E-state index >= 15 is 0 Å². The second-order valence-electron chi connectivity index (χ2n) is 39.9. The number of para-hydroxylation sites is 1. The van der Waals surface area contributed by atoms with Crippen LogP contribution < -0.4 is 0 Å². The molecular weight excluding hydrogens is 2750 g/mol. The van der Waals surface area contributed by atoms with E-state index in [2.05, 4.69) is 326 Å². The Morgan fingerprint density at radius 3 is 0.927 bits per heavy atom. The molecule has 0 bridgehead atoms. The summed E-state index contributed by atoms with van der Waals surface area (Å²) in [5.41, 5.74) is 29.4. The van der Waals surface area contributed by atoms with Crippen molar-refractivity contribution < 1.29 is 150 Å². The summed E-state index contributed by atoms with van der Waals surface area (Å²) in [5, 5.41) is 50.9. The summed E-state index contributed by atoms with van der Waals surface area (Å²) in [6, 6.07) is 95.0. The Bertz CT molecular complexity index is 6700. The zero-order valence-electron chi connectivity index (χ0n) is 92.2. The van der Waals surface area contributed by atoms with Gasteiger partial charge in [0.2, 0.25) is 0 Å². The third kappa shape index (κ3) is 53.0. The van der Waals surface area contributed by atoms with Crippen molar-refractivity contribution in [2.24, 2.45) is 35.5 Å². The molecule has 805 valence electrons. The number of carbonyl (C=O) groups excluding carboxylic acids is 5. The van der Waals surface area contributed by atoms with Crippen LogP contribution in [0.15, 0.2) is 290 Å². The SMILES string of the molecule is CC(=O)C=C(C)O.CC(=O)C=C(C)O.CC(=O)C=C(C)O.CC(C)CC(=O)C=C(O)CC(C)C.CC(C)CC(=O)C=C(O)CC(C)C.Cc1[c-]c(-c2ccc3ccc(CC(C)C)cc3n2)cc(C)c1.Cc1[c-]c(-c2ccc3ccc(CC(C)C)cc3n2)cc(C)c1.Cc1[c-]c(-c2ccc3ccccc3n2)cc(C)c1.Cc1[c-]c(-c2nccc3ccccc23)cc(C)c1.Cc1cc[c-]c(-c2ccc3ccc(C)cc3n2)c1.[Ir].[Ir].[Ir].[Ir].[Ir]. The minimum Gasteiger partial charge on any atom is -0.512 e. The number of rotatable bonds is 22. The van der Waals surface area contributed by atoms with Gasteiger partial charge in [-0.3, -0.25) is 43.9 Å². The van der Waals surface area contributed by atoms with Gasteiger partial charge in [0, 0.05) is 163 Å². The van der Waals surface area contributed by atoms with Crippen LogP contribution in [0.1, 0.15) is 217 Å². The normalized spacial score (nSPS) is 11.0. The van der Waals surface area contributed by atoms with Crippen molar-refractivity contribution in [2.45, 2.75) is 232 Å². The van der Waals surface area contributed by atoms with Crippen LogP contribution in [0, 0.1) is 135 Å². The molecule has 15 rings (SSSR count). The van der Waals surface area contributed by atoms with Crippen molar-refractivity contribution in [3.8, 4) is 56.3 Å². The number of fused-ring (bicyclic) bond motifs is 5. The van der Waals surface area contributed by atoms with Crippen LogP contribution in [0.3, 0.4) is 0 Å². The van der Waals surface area contributed by atoms with E-state index in [1.807, 2.05) is 91.9 Å². The van der Waals surface area contributed by atoms with Crippen LogP contribution in [-0.2, 0) is 137 Å². The third-order valence-corrected chi connectivity index (χ3v) is 21.2. The number of hydrogen-bond donors (Lipinski definition) is 5. The molecule has 0 saturated heterocycles. The van der Waals surface area contributed by atoms with Crippen LogP contribution in [0.2, 0.25) is 0 Å². The molecule has 5 radical (unpaired) electrons. The quantitative estimate of drug-likeness (QED) is 0.0240. The number of pyridine rings is 5. The van der Waals surface area contributed by atoms with Gasteiger partial charge in [0.1, 0.15) is 0 Å². The summed E-state index contributed by atoms with van der Waals surface area (Å²) in [5.74, 6) is 3.09. The zero-order valence-corrected chi connectivity index (χ0v) is 104. The fraction of sp³-hybridized carbons (Fsp3) is 0.308. The maximum absolute atomic E-state index is 11.2. The average molecular weight is 2900 g/mol. The Balaban J connectivity index is 0.000000848. The van der Waals surface area contributed by atoms with E-state index in [4.69, 9.17) is 35.3 Å². The molecule has 150 heavy (non-hydrogen) atoms. The predicted molar refractivity (Wildman–Crippen MR) is 605 cm³/mol. The molecule has 20 heteroatoms. The van der Waals surface area contributed by atoms with Gasteiger partial charge in [-0.1, -0.05) is 273 Å². The molecular formula is C130H150Ir5N5O10-5. The van der Waals surface area contributed by atoms with Crippen molar-refractivity contribution >= 4 is 83.3 Å². The van der Waals surface area contributed by atoms with Crippen molar-refractivity contribution in [3.63, 3.8) is 0 Å². The Hall–Kier alpha value is -11.5. The molecule has 0 fully saturated rings. The molecule has 10 aromatic carbocycles. The minimum absolute atomic E-state index is 0. The largest absolute Gasteiger partial charge is 0.512 e. The Kier molecular flexibility index (Phi) is 63.6. The molecule has 0 aliphatic rings. The Morgan fingerprint density at radius 1 is 0.287 bits per heavy atom. The van der Waals surface area contributed by atoms with Crippen molar-refractivity contribution in [1.29, 1.82) is 0 Å². The van der Waals surface area contributed by atoms with Crippen LogP contribution in [0.5, 0.6) is 0 Å². The molecule has 0 unspecified atom stereocenters. The monoisotopic (exact) mass is 2910 g/mol. The van der Waals surface area contributed by atoms with Gasteiger partial charge in [-0.2, -0.15) is 0 Å². The van der Waals surface area contributed by atoms with Gasteiger partial charge in [0.25, 0.3) is 0 Å². The smallest absolute Gasteiger partial charge is 0.159 e. The first-order chi connectivity index (χ1) is 68.4.